The monoisotopic (exact) mass is 302 g/mol. The van der Waals surface area contributed by atoms with Crippen molar-refractivity contribution >= 4 is 11.9 Å². The van der Waals surface area contributed by atoms with Gasteiger partial charge in [-0.1, -0.05) is 0 Å². The molecule has 6 heteroatoms. The largest absolute Gasteiger partial charge is 0.504 e. The summed E-state index contributed by atoms with van der Waals surface area (Å²) in [6.07, 6.45) is 0. The highest BCUT2D eigenvalue weighted by Crippen LogP contribution is 2.27. The van der Waals surface area contributed by atoms with Crippen LogP contribution < -0.4 is 9.47 Å². The Hall–Kier alpha value is -3.02. The number of methoxy groups -OCH3 is 2. The number of carbonyl (C=O) groups excluding carboxylic acids is 2. The van der Waals surface area contributed by atoms with Gasteiger partial charge in [-0.25, -0.2) is 9.59 Å². The lowest BCUT2D eigenvalue weighted by Gasteiger charge is -2.07. The molecule has 22 heavy (non-hydrogen) atoms. The Morgan fingerprint density at radius 1 is 0.909 bits per heavy atom. The molecule has 2 rings (SSSR count). The Balaban J connectivity index is 2.13. The van der Waals surface area contributed by atoms with E-state index in [1.165, 1.54) is 56.7 Å². The molecule has 0 aliphatic heterocycles. The van der Waals surface area contributed by atoms with Gasteiger partial charge >= 0.3 is 11.9 Å². The summed E-state index contributed by atoms with van der Waals surface area (Å²) in [6.45, 7) is 0. The van der Waals surface area contributed by atoms with E-state index in [1.807, 2.05) is 0 Å². The quantitative estimate of drug-likeness (QED) is 0.690. The average Bonchev–Trinajstić information content (AvgIpc) is 2.55. The minimum Gasteiger partial charge on any atom is -0.504 e. The van der Waals surface area contributed by atoms with Crippen molar-refractivity contribution in [1.82, 2.24) is 0 Å². The zero-order valence-corrected chi connectivity index (χ0v) is 12.0. The fraction of sp³-hybridized carbons (Fsp3) is 0.125. The van der Waals surface area contributed by atoms with E-state index in [9.17, 15) is 14.7 Å². The van der Waals surface area contributed by atoms with Gasteiger partial charge in [0.1, 0.15) is 5.75 Å². The van der Waals surface area contributed by atoms with Crippen LogP contribution >= 0.6 is 0 Å². The molecule has 0 atom stereocenters. The molecular formula is C16H14O6. The highest BCUT2D eigenvalue weighted by atomic mass is 16.5. The van der Waals surface area contributed by atoms with Crippen molar-refractivity contribution < 1.29 is 28.9 Å². The lowest BCUT2D eigenvalue weighted by Crippen LogP contribution is -2.09. The van der Waals surface area contributed by atoms with Crippen LogP contribution in [0.5, 0.6) is 17.2 Å². The third kappa shape index (κ3) is 3.35. The number of aromatic hydroxyl groups is 1. The molecule has 0 amide bonds. The standard InChI is InChI=1S/C16H14O6/c1-20-14-9-11(5-8-13(14)17)16(19)22-12-6-3-10(4-7-12)15(18)21-2/h3-9,17H,1-2H3. The molecule has 0 unspecified atom stereocenters. The van der Waals surface area contributed by atoms with Crippen molar-refractivity contribution in [2.45, 2.75) is 0 Å². The van der Waals surface area contributed by atoms with E-state index in [1.54, 1.807) is 0 Å². The molecule has 0 aromatic heterocycles. The van der Waals surface area contributed by atoms with Crippen molar-refractivity contribution in [2.75, 3.05) is 14.2 Å². The molecule has 0 aliphatic rings. The predicted molar refractivity (Wildman–Crippen MR) is 77.4 cm³/mol. The first-order valence-corrected chi connectivity index (χ1v) is 6.32. The summed E-state index contributed by atoms with van der Waals surface area (Å²) in [5.74, 6) is -0.688. The Bertz CT molecular complexity index is 690. The number of rotatable bonds is 4. The second kappa shape index (κ2) is 6.62. The number of esters is 2. The van der Waals surface area contributed by atoms with Crippen molar-refractivity contribution in [2.24, 2.45) is 0 Å². The average molecular weight is 302 g/mol. The lowest BCUT2D eigenvalue weighted by molar-refractivity contribution is 0.0600. The van der Waals surface area contributed by atoms with Gasteiger partial charge in [-0.05, 0) is 42.5 Å². The summed E-state index contributed by atoms with van der Waals surface area (Å²) in [7, 11) is 2.67. The van der Waals surface area contributed by atoms with Gasteiger partial charge in [0.05, 0.1) is 25.3 Å². The number of hydrogen-bond acceptors (Lipinski definition) is 6. The second-order valence-electron chi connectivity index (χ2n) is 4.29. The van der Waals surface area contributed by atoms with Crippen LogP contribution in [-0.4, -0.2) is 31.3 Å². The van der Waals surface area contributed by atoms with Crippen LogP contribution in [-0.2, 0) is 4.74 Å². The fourth-order valence-corrected chi connectivity index (χ4v) is 1.75. The van der Waals surface area contributed by atoms with Crippen molar-refractivity contribution in [1.29, 1.82) is 0 Å². The molecule has 2 aromatic carbocycles. The number of ether oxygens (including phenoxy) is 3. The van der Waals surface area contributed by atoms with Crippen LogP contribution in [0, 0.1) is 0 Å². The summed E-state index contributed by atoms with van der Waals surface area (Å²) in [4.78, 5) is 23.3. The van der Waals surface area contributed by atoms with Gasteiger partial charge in [0.25, 0.3) is 0 Å². The number of benzene rings is 2. The molecular weight excluding hydrogens is 288 g/mol. The second-order valence-corrected chi connectivity index (χ2v) is 4.29. The predicted octanol–water partition coefficient (Wildman–Crippen LogP) is 2.41. The molecule has 1 N–H and O–H groups in total. The molecule has 0 heterocycles. The Kier molecular flexibility index (Phi) is 4.63. The molecule has 0 saturated heterocycles. The zero-order chi connectivity index (χ0) is 16.1. The first kappa shape index (κ1) is 15.4. The first-order chi connectivity index (χ1) is 10.5. The van der Waals surface area contributed by atoms with Crippen LogP contribution in [0.15, 0.2) is 42.5 Å². The maximum absolute atomic E-state index is 12.0. The Morgan fingerprint density at radius 2 is 1.55 bits per heavy atom. The summed E-state index contributed by atoms with van der Waals surface area (Å²) in [5.41, 5.74) is 0.584. The van der Waals surface area contributed by atoms with Gasteiger partial charge in [-0.2, -0.15) is 0 Å². The van der Waals surface area contributed by atoms with E-state index in [0.29, 0.717) is 5.56 Å². The Morgan fingerprint density at radius 3 is 2.14 bits per heavy atom. The van der Waals surface area contributed by atoms with Gasteiger partial charge in [-0.3, -0.25) is 0 Å². The number of phenols is 1. The van der Waals surface area contributed by atoms with Gasteiger partial charge in [-0.15, -0.1) is 0 Å². The number of phenolic OH excluding ortho intramolecular Hbond substituents is 1. The van der Waals surface area contributed by atoms with Gasteiger partial charge in [0.15, 0.2) is 11.5 Å². The summed E-state index contributed by atoms with van der Waals surface area (Å²) in [6, 6.07) is 10.1. The molecule has 0 spiro atoms. The summed E-state index contributed by atoms with van der Waals surface area (Å²) in [5, 5.41) is 9.49. The lowest BCUT2D eigenvalue weighted by atomic mass is 10.2. The summed E-state index contributed by atoms with van der Waals surface area (Å²) >= 11 is 0. The molecule has 2 aromatic rings. The zero-order valence-electron chi connectivity index (χ0n) is 12.0. The highest BCUT2D eigenvalue weighted by molar-refractivity contribution is 5.92. The molecule has 0 bridgehead atoms. The molecule has 114 valence electrons. The molecule has 6 nitrogen and oxygen atoms in total. The molecule has 0 saturated carbocycles. The fourth-order valence-electron chi connectivity index (χ4n) is 1.75. The first-order valence-electron chi connectivity index (χ1n) is 6.32. The van der Waals surface area contributed by atoms with Crippen LogP contribution in [0.1, 0.15) is 20.7 Å². The number of hydrogen-bond donors (Lipinski definition) is 1. The highest BCUT2D eigenvalue weighted by Gasteiger charge is 2.13. The van der Waals surface area contributed by atoms with E-state index >= 15 is 0 Å². The smallest absolute Gasteiger partial charge is 0.343 e. The topological polar surface area (TPSA) is 82.1 Å². The van der Waals surface area contributed by atoms with E-state index in [2.05, 4.69) is 4.74 Å². The van der Waals surface area contributed by atoms with Crippen LogP contribution in [0.3, 0.4) is 0 Å². The van der Waals surface area contributed by atoms with Crippen molar-refractivity contribution in [3.63, 3.8) is 0 Å². The van der Waals surface area contributed by atoms with E-state index < -0.39 is 11.9 Å². The van der Waals surface area contributed by atoms with Crippen molar-refractivity contribution in [3.8, 4) is 17.2 Å². The van der Waals surface area contributed by atoms with Crippen LogP contribution in [0.25, 0.3) is 0 Å². The van der Waals surface area contributed by atoms with Gasteiger partial charge < -0.3 is 19.3 Å². The third-order valence-corrected chi connectivity index (χ3v) is 2.90. The number of carbonyl (C=O) groups is 2. The Labute approximate surface area is 126 Å². The molecule has 0 radical (unpaired) electrons. The van der Waals surface area contributed by atoms with Gasteiger partial charge in [0.2, 0.25) is 0 Å². The van der Waals surface area contributed by atoms with E-state index in [0.717, 1.165) is 0 Å². The minimum absolute atomic E-state index is 0.0681. The maximum Gasteiger partial charge on any atom is 0.343 e. The van der Waals surface area contributed by atoms with Crippen molar-refractivity contribution in [3.05, 3.63) is 53.6 Å². The SMILES string of the molecule is COC(=O)c1ccc(OC(=O)c2ccc(O)c(OC)c2)cc1. The third-order valence-electron chi connectivity index (χ3n) is 2.90. The maximum atomic E-state index is 12.0. The van der Waals surface area contributed by atoms with Gasteiger partial charge in [0, 0.05) is 0 Å². The van der Waals surface area contributed by atoms with Crippen LogP contribution in [0.4, 0.5) is 0 Å². The van der Waals surface area contributed by atoms with E-state index in [-0.39, 0.29) is 22.8 Å². The van der Waals surface area contributed by atoms with E-state index in [4.69, 9.17) is 9.47 Å². The molecule has 0 fully saturated rings. The molecule has 0 aliphatic carbocycles. The summed E-state index contributed by atoms with van der Waals surface area (Å²) < 4.78 is 14.7. The minimum atomic E-state index is -0.607. The van der Waals surface area contributed by atoms with Crippen LogP contribution in [0.2, 0.25) is 0 Å². The normalized spacial score (nSPS) is 9.91.